The molecule has 0 aliphatic heterocycles. The van der Waals surface area contributed by atoms with E-state index in [2.05, 4.69) is 17.0 Å². The number of ether oxygens (including phenoxy) is 1. The van der Waals surface area contributed by atoms with Gasteiger partial charge in [-0.25, -0.2) is 4.79 Å². The third-order valence-corrected chi connectivity index (χ3v) is 2.35. The molecule has 1 fully saturated rings. The lowest BCUT2D eigenvalue weighted by Crippen LogP contribution is -2.36. The minimum Gasteiger partial charge on any atom is -0.453 e. The third-order valence-electron chi connectivity index (χ3n) is 2.35. The van der Waals surface area contributed by atoms with E-state index in [0.29, 0.717) is 12.0 Å². The fourth-order valence-corrected chi connectivity index (χ4v) is 1.57. The van der Waals surface area contributed by atoms with Crippen molar-refractivity contribution in [3.63, 3.8) is 0 Å². The molecule has 1 N–H and O–H groups in total. The van der Waals surface area contributed by atoms with E-state index in [4.69, 9.17) is 0 Å². The molecular formula is C8H17NO2. The average Bonchev–Trinajstić information content (AvgIpc) is 2.37. The SMILES string of the molecule is COC(=O)N[C@@H]1CCC[C@H]1C.[HH]. The van der Waals surface area contributed by atoms with Crippen molar-refractivity contribution >= 4 is 6.09 Å². The van der Waals surface area contributed by atoms with E-state index in [1.807, 2.05) is 0 Å². The van der Waals surface area contributed by atoms with Crippen molar-refractivity contribution in [3.05, 3.63) is 0 Å². The predicted octanol–water partition coefficient (Wildman–Crippen LogP) is 1.78. The largest absolute Gasteiger partial charge is 0.453 e. The lowest BCUT2D eigenvalue weighted by molar-refractivity contribution is 0.164. The molecule has 0 aromatic heterocycles. The fraction of sp³-hybridized carbons (Fsp3) is 0.875. The Balaban J connectivity index is 0.00000121. The van der Waals surface area contributed by atoms with Crippen LogP contribution in [0, 0.1) is 5.92 Å². The van der Waals surface area contributed by atoms with Gasteiger partial charge < -0.3 is 10.1 Å². The van der Waals surface area contributed by atoms with E-state index in [0.717, 1.165) is 6.42 Å². The summed E-state index contributed by atoms with van der Waals surface area (Å²) in [5, 5.41) is 2.82. The summed E-state index contributed by atoms with van der Waals surface area (Å²) in [6, 6.07) is 0.336. The molecule has 3 heteroatoms. The Morgan fingerprint density at radius 3 is 2.82 bits per heavy atom. The molecule has 2 atom stereocenters. The van der Waals surface area contributed by atoms with Crippen LogP contribution < -0.4 is 5.32 Å². The Morgan fingerprint density at radius 1 is 1.64 bits per heavy atom. The summed E-state index contributed by atoms with van der Waals surface area (Å²) in [4.78, 5) is 10.8. The summed E-state index contributed by atoms with van der Waals surface area (Å²) in [5.74, 6) is 0.606. The first-order valence-electron chi connectivity index (χ1n) is 4.08. The Bertz CT molecular complexity index is 152. The van der Waals surface area contributed by atoms with Gasteiger partial charge in [0.05, 0.1) is 7.11 Å². The first-order chi connectivity index (χ1) is 5.24. The highest BCUT2D eigenvalue weighted by atomic mass is 16.5. The van der Waals surface area contributed by atoms with Gasteiger partial charge in [0.25, 0.3) is 0 Å². The molecule has 0 aromatic rings. The van der Waals surface area contributed by atoms with Gasteiger partial charge in [0.1, 0.15) is 0 Å². The van der Waals surface area contributed by atoms with Gasteiger partial charge in [-0.05, 0) is 18.8 Å². The van der Waals surface area contributed by atoms with Crippen LogP contribution in [-0.2, 0) is 4.74 Å². The second-order valence-electron chi connectivity index (χ2n) is 3.15. The molecule has 1 aliphatic carbocycles. The van der Waals surface area contributed by atoms with Crippen LogP contribution in [0.1, 0.15) is 27.6 Å². The first-order valence-corrected chi connectivity index (χ1v) is 4.08. The predicted molar refractivity (Wildman–Crippen MR) is 44.5 cm³/mol. The summed E-state index contributed by atoms with van der Waals surface area (Å²) in [6.07, 6.45) is 3.23. The smallest absolute Gasteiger partial charge is 0.407 e. The topological polar surface area (TPSA) is 38.3 Å². The molecule has 66 valence electrons. The summed E-state index contributed by atoms with van der Waals surface area (Å²) < 4.78 is 4.51. The van der Waals surface area contributed by atoms with Gasteiger partial charge in [0.15, 0.2) is 0 Å². The number of hydrogen-bond donors (Lipinski definition) is 1. The molecule has 11 heavy (non-hydrogen) atoms. The van der Waals surface area contributed by atoms with Crippen molar-refractivity contribution in [1.82, 2.24) is 5.32 Å². The molecule has 1 aliphatic rings. The Kier molecular flexibility index (Phi) is 2.74. The van der Waals surface area contributed by atoms with Crippen LogP contribution in [0.5, 0.6) is 0 Å². The van der Waals surface area contributed by atoms with Crippen molar-refractivity contribution < 1.29 is 11.0 Å². The maximum Gasteiger partial charge on any atom is 0.407 e. The van der Waals surface area contributed by atoms with E-state index in [1.165, 1.54) is 20.0 Å². The standard InChI is InChI=1S/C8H15NO2.H2/c1-6-4-3-5-7(6)9-8(10)11-2;/h6-7H,3-5H2,1-2H3,(H,9,10);1H/t6-,7-;/m1./s1. The minimum absolute atomic E-state index is 0. The van der Waals surface area contributed by atoms with Gasteiger partial charge in [-0.15, -0.1) is 0 Å². The highest BCUT2D eigenvalue weighted by molar-refractivity contribution is 5.67. The molecular weight excluding hydrogens is 142 g/mol. The summed E-state index contributed by atoms with van der Waals surface area (Å²) in [7, 11) is 1.40. The van der Waals surface area contributed by atoms with E-state index in [-0.39, 0.29) is 7.52 Å². The molecule has 1 saturated carbocycles. The number of carbonyl (C=O) groups excluding carboxylic acids is 1. The highest BCUT2D eigenvalue weighted by Crippen LogP contribution is 2.24. The van der Waals surface area contributed by atoms with Gasteiger partial charge in [-0.3, -0.25) is 0 Å². The van der Waals surface area contributed by atoms with Gasteiger partial charge in [0, 0.05) is 7.47 Å². The fourth-order valence-electron chi connectivity index (χ4n) is 1.57. The molecule has 0 radical (unpaired) electrons. The number of alkyl carbamates (subject to hydrolysis) is 1. The van der Waals surface area contributed by atoms with Gasteiger partial charge in [-0.1, -0.05) is 13.3 Å². The van der Waals surface area contributed by atoms with Crippen molar-refractivity contribution in [2.24, 2.45) is 5.92 Å². The zero-order valence-corrected chi connectivity index (χ0v) is 7.09. The molecule has 0 heterocycles. The Labute approximate surface area is 68.6 Å². The third kappa shape index (κ3) is 2.10. The van der Waals surface area contributed by atoms with Crippen molar-refractivity contribution in [1.29, 1.82) is 0 Å². The van der Waals surface area contributed by atoms with E-state index in [1.54, 1.807) is 0 Å². The van der Waals surface area contributed by atoms with E-state index >= 15 is 0 Å². The van der Waals surface area contributed by atoms with Crippen LogP contribution in [-0.4, -0.2) is 19.2 Å². The molecule has 3 nitrogen and oxygen atoms in total. The van der Waals surface area contributed by atoms with Gasteiger partial charge in [0.2, 0.25) is 0 Å². The first kappa shape index (κ1) is 8.37. The van der Waals surface area contributed by atoms with E-state index < -0.39 is 0 Å². The normalized spacial score (nSPS) is 30.0. The second kappa shape index (κ2) is 3.60. The van der Waals surface area contributed by atoms with Crippen LogP contribution in [0.2, 0.25) is 0 Å². The number of rotatable bonds is 1. The highest BCUT2D eigenvalue weighted by Gasteiger charge is 2.24. The summed E-state index contributed by atoms with van der Waals surface area (Å²) in [6.45, 7) is 2.16. The van der Waals surface area contributed by atoms with E-state index in [9.17, 15) is 4.79 Å². The number of carbonyl (C=O) groups is 1. The lowest BCUT2D eigenvalue weighted by atomic mass is 10.1. The summed E-state index contributed by atoms with van der Waals surface area (Å²) >= 11 is 0. The molecule has 0 saturated heterocycles. The van der Waals surface area contributed by atoms with Gasteiger partial charge in [-0.2, -0.15) is 0 Å². The number of methoxy groups -OCH3 is 1. The quantitative estimate of drug-likeness (QED) is 0.633. The van der Waals surface area contributed by atoms with Crippen LogP contribution in [0.3, 0.4) is 0 Å². The van der Waals surface area contributed by atoms with Crippen LogP contribution in [0.15, 0.2) is 0 Å². The van der Waals surface area contributed by atoms with Crippen molar-refractivity contribution in [2.45, 2.75) is 32.2 Å². The maximum atomic E-state index is 10.8. The molecule has 0 spiro atoms. The van der Waals surface area contributed by atoms with Crippen molar-refractivity contribution in [3.8, 4) is 0 Å². The zero-order chi connectivity index (χ0) is 8.27. The average molecular weight is 159 g/mol. The Morgan fingerprint density at radius 2 is 2.36 bits per heavy atom. The lowest BCUT2D eigenvalue weighted by Gasteiger charge is -2.15. The molecule has 0 unspecified atom stereocenters. The molecule has 1 rings (SSSR count). The molecule has 0 bridgehead atoms. The van der Waals surface area contributed by atoms with Crippen molar-refractivity contribution in [2.75, 3.05) is 7.11 Å². The monoisotopic (exact) mass is 159 g/mol. The second-order valence-corrected chi connectivity index (χ2v) is 3.15. The minimum atomic E-state index is -0.302. The Hall–Kier alpha value is -0.730. The number of nitrogens with one attached hydrogen (secondary N) is 1. The van der Waals surface area contributed by atoms with Gasteiger partial charge >= 0.3 is 6.09 Å². The van der Waals surface area contributed by atoms with Crippen LogP contribution in [0.25, 0.3) is 0 Å². The maximum absolute atomic E-state index is 10.8. The summed E-state index contributed by atoms with van der Waals surface area (Å²) in [5.41, 5.74) is 0. The van der Waals surface area contributed by atoms with Crippen LogP contribution >= 0.6 is 0 Å². The van der Waals surface area contributed by atoms with Crippen LogP contribution in [0.4, 0.5) is 4.79 Å². The molecule has 0 aromatic carbocycles. The number of hydrogen-bond acceptors (Lipinski definition) is 2. The zero-order valence-electron chi connectivity index (χ0n) is 7.09. The number of amides is 1. The molecule has 1 amide bonds.